The van der Waals surface area contributed by atoms with Gasteiger partial charge in [-0.2, -0.15) is 0 Å². The molecule has 1 atom stereocenters. The standard InChI is InChI=1S/C9H8Cl2N2O3/c10-4-2-1-3-5(6(4)11)13-9(16)7(14)8(12)15/h1-3,7,14H,(H2,12,15)(H,13,16). The van der Waals surface area contributed by atoms with E-state index in [0.717, 1.165) is 0 Å². The van der Waals surface area contributed by atoms with Crippen molar-refractivity contribution in [1.82, 2.24) is 0 Å². The number of aliphatic hydroxyl groups excluding tert-OH is 1. The van der Waals surface area contributed by atoms with Crippen LogP contribution >= 0.6 is 23.2 Å². The average molecular weight is 263 g/mol. The smallest absolute Gasteiger partial charge is 0.263 e. The fraction of sp³-hybridized carbons (Fsp3) is 0.111. The molecule has 0 aliphatic rings. The van der Waals surface area contributed by atoms with Crippen LogP contribution in [0.15, 0.2) is 18.2 Å². The molecule has 5 nitrogen and oxygen atoms in total. The van der Waals surface area contributed by atoms with Crippen molar-refractivity contribution in [3.63, 3.8) is 0 Å². The Balaban J connectivity index is 2.85. The molecule has 0 fully saturated rings. The van der Waals surface area contributed by atoms with E-state index in [1.807, 2.05) is 0 Å². The number of hydrogen-bond acceptors (Lipinski definition) is 3. The number of anilines is 1. The zero-order valence-corrected chi connectivity index (χ0v) is 9.42. The minimum atomic E-state index is -1.92. The zero-order valence-electron chi connectivity index (χ0n) is 7.91. The van der Waals surface area contributed by atoms with Crippen LogP contribution in [0.5, 0.6) is 0 Å². The summed E-state index contributed by atoms with van der Waals surface area (Å²) in [6, 6.07) is 4.56. The highest BCUT2D eigenvalue weighted by Crippen LogP contribution is 2.29. The van der Waals surface area contributed by atoms with E-state index in [1.165, 1.54) is 12.1 Å². The molecule has 2 amide bonds. The fourth-order valence-corrected chi connectivity index (χ4v) is 1.28. The summed E-state index contributed by atoms with van der Waals surface area (Å²) in [6.07, 6.45) is -1.92. The van der Waals surface area contributed by atoms with Gasteiger partial charge in [0.1, 0.15) is 0 Å². The van der Waals surface area contributed by atoms with E-state index in [4.69, 9.17) is 34.0 Å². The molecule has 0 radical (unpaired) electrons. The molecule has 0 spiro atoms. The van der Waals surface area contributed by atoms with Crippen molar-refractivity contribution in [2.24, 2.45) is 5.73 Å². The number of carbonyl (C=O) groups excluding carboxylic acids is 2. The van der Waals surface area contributed by atoms with Crippen molar-refractivity contribution in [2.45, 2.75) is 6.10 Å². The van der Waals surface area contributed by atoms with E-state index in [1.54, 1.807) is 6.07 Å². The maximum atomic E-state index is 11.3. The van der Waals surface area contributed by atoms with E-state index in [2.05, 4.69) is 5.32 Å². The first-order valence-corrected chi connectivity index (χ1v) is 4.91. The third kappa shape index (κ3) is 2.85. The number of carbonyl (C=O) groups is 2. The van der Waals surface area contributed by atoms with Gasteiger partial charge in [0.15, 0.2) is 0 Å². The number of benzene rings is 1. The Morgan fingerprint density at radius 3 is 2.56 bits per heavy atom. The predicted molar refractivity (Wildman–Crippen MR) is 60.3 cm³/mol. The van der Waals surface area contributed by atoms with Crippen LogP contribution in [0.2, 0.25) is 10.0 Å². The molecule has 4 N–H and O–H groups in total. The molecule has 0 saturated carbocycles. The van der Waals surface area contributed by atoms with E-state index in [9.17, 15) is 9.59 Å². The zero-order chi connectivity index (χ0) is 12.3. The highest BCUT2D eigenvalue weighted by molar-refractivity contribution is 6.44. The molecule has 16 heavy (non-hydrogen) atoms. The van der Waals surface area contributed by atoms with Gasteiger partial charge in [0, 0.05) is 0 Å². The molecular weight excluding hydrogens is 255 g/mol. The number of nitrogens with two attached hydrogens (primary N) is 1. The third-order valence-corrected chi connectivity index (χ3v) is 2.55. The molecule has 0 aliphatic heterocycles. The molecule has 1 unspecified atom stereocenters. The lowest BCUT2D eigenvalue weighted by Crippen LogP contribution is -2.39. The molecule has 0 bridgehead atoms. The van der Waals surface area contributed by atoms with Crippen LogP contribution < -0.4 is 11.1 Å². The van der Waals surface area contributed by atoms with Crippen LogP contribution in [0.25, 0.3) is 0 Å². The van der Waals surface area contributed by atoms with Crippen molar-refractivity contribution < 1.29 is 14.7 Å². The minimum Gasteiger partial charge on any atom is -0.375 e. The summed E-state index contributed by atoms with van der Waals surface area (Å²) in [7, 11) is 0. The van der Waals surface area contributed by atoms with Gasteiger partial charge in [-0.1, -0.05) is 29.3 Å². The predicted octanol–water partition coefficient (Wildman–Crippen LogP) is 0.778. The molecule has 0 heterocycles. The molecular formula is C9H8Cl2N2O3. The second kappa shape index (κ2) is 5.16. The van der Waals surface area contributed by atoms with Crippen LogP contribution in [0.1, 0.15) is 0 Å². The van der Waals surface area contributed by atoms with Crippen molar-refractivity contribution >= 4 is 40.7 Å². The van der Waals surface area contributed by atoms with Gasteiger partial charge in [0.05, 0.1) is 15.7 Å². The van der Waals surface area contributed by atoms with E-state index >= 15 is 0 Å². The molecule has 1 rings (SSSR count). The maximum Gasteiger partial charge on any atom is 0.263 e. The number of primary amides is 1. The number of hydrogen-bond donors (Lipinski definition) is 3. The van der Waals surface area contributed by atoms with E-state index < -0.39 is 17.9 Å². The highest BCUT2D eigenvalue weighted by atomic mass is 35.5. The molecule has 0 aliphatic carbocycles. The Kier molecular flexibility index (Phi) is 4.12. The molecule has 0 aromatic heterocycles. The highest BCUT2D eigenvalue weighted by Gasteiger charge is 2.21. The lowest BCUT2D eigenvalue weighted by atomic mass is 10.2. The van der Waals surface area contributed by atoms with Crippen LogP contribution in [-0.2, 0) is 9.59 Å². The summed E-state index contributed by atoms with van der Waals surface area (Å²) in [6.45, 7) is 0. The van der Waals surface area contributed by atoms with Gasteiger partial charge < -0.3 is 16.2 Å². The van der Waals surface area contributed by atoms with Crippen molar-refractivity contribution in [1.29, 1.82) is 0 Å². The minimum absolute atomic E-state index is 0.120. The van der Waals surface area contributed by atoms with Crippen LogP contribution in [0.4, 0.5) is 5.69 Å². The lowest BCUT2D eigenvalue weighted by molar-refractivity contribution is -0.136. The number of halogens is 2. The van der Waals surface area contributed by atoms with Gasteiger partial charge in [-0.25, -0.2) is 0 Å². The average Bonchev–Trinajstić information content (AvgIpc) is 2.23. The Labute approximate surface area is 101 Å². The number of rotatable bonds is 3. The van der Waals surface area contributed by atoms with Gasteiger partial charge in [0.25, 0.3) is 11.8 Å². The van der Waals surface area contributed by atoms with E-state index in [-0.39, 0.29) is 15.7 Å². The van der Waals surface area contributed by atoms with Crippen molar-refractivity contribution in [3.05, 3.63) is 28.2 Å². The number of amides is 2. The molecule has 1 aromatic rings. The Bertz CT molecular complexity index is 437. The monoisotopic (exact) mass is 262 g/mol. The first-order chi connectivity index (χ1) is 7.43. The van der Waals surface area contributed by atoms with Crippen LogP contribution in [0, 0.1) is 0 Å². The van der Waals surface area contributed by atoms with E-state index in [0.29, 0.717) is 0 Å². The summed E-state index contributed by atoms with van der Waals surface area (Å²) >= 11 is 11.5. The summed E-state index contributed by atoms with van der Waals surface area (Å²) in [4.78, 5) is 21.8. The van der Waals surface area contributed by atoms with Gasteiger partial charge in [-0.3, -0.25) is 9.59 Å². The van der Waals surface area contributed by atoms with Crippen LogP contribution in [0.3, 0.4) is 0 Å². The first kappa shape index (κ1) is 12.8. The largest absolute Gasteiger partial charge is 0.375 e. The summed E-state index contributed by atoms with van der Waals surface area (Å²) < 4.78 is 0. The topological polar surface area (TPSA) is 92.4 Å². The SMILES string of the molecule is NC(=O)C(O)C(=O)Nc1cccc(Cl)c1Cl. The number of aliphatic hydroxyl groups is 1. The summed E-state index contributed by atoms with van der Waals surface area (Å²) in [5, 5.41) is 11.6. The quantitative estimate of drug-likeness (QED) is 0.703. The lowest BCUT2D eigenvalue weighted by Gasteiger charge is -2.10. The van der Waals surface area contributed by atoms with Crippen molar-refractivity contribution in [2.75, 3.05) is 5.32 Å². The Morgan fingerprint density at radius 2 is 2.00 bits per heavy atom. The van der Waals surface area contributed by atoms with Gasteiger partial charge in [0.2, 0.25) is 6.10 Å². The van der Waals surface area contributed by atoms with Gasteiger partial charge in [-0.15, -0.1) is 0 Å². The molecule has 1 aromatic carbocycles. The Morgan fingerprint density at radius 1 is 1.38 bits per heavy atom. The Hall–Kier alpha value is -1.30. The van der Waals surface area contributed by atoms with Crippen LogP contribution in [-0.4, -0.2) is 23.0 Å². The summed E-state index contributed by atoms with van der Waals surface area (Å²) in [5.41, 5.74) is 4.94. The second-order valence-corrected chi connectivity index (χ2v) is 3.68. The maximum absolute atomic E-state index is 11.3. The third-order valence-electron chi connectivity index (χ3n) is 1.73. The number of nitrogens with one attached hydrogen (secondary N) is 1. The normalized spacial score (nSPS) is 11.9. The van der Waals surface area contributed by atoms with Gasteiger partial charge >= 0.3 is 0 Å². The molecule has 0 saturated heterocycles. The first-order valence-electron chi connectivity index (χ1n) is 4.15. The summed E-state index contributed by atoms with van der Waals surface area (Å²) in [5.74, 6) is -2.10. The molecule has 7 heteroatoms. The fourth-order valence-electron chi connectivity index (χ4n) is 0.931. The second-order valence-electron chi connectivity index (χ2n) is 2.90. The molecule has 86 valence electrons. The van der Waals surface area contributed by atoms with Gasteiger partial charge in [-0.05, 0) is 12.1 Å². The van der Waals surface area contributed by atoms with Crippen molar-refractivity contribution in [3.8, 4) is 0 Å².